The van der Waals surface area contributed by atoms with E-state index in [1.165, 1.54) is 6.07 Å². The fourth-order valence-corrected chi connectivity index (χ4v) is 3.76. The van der Waals surface area contributed by atoms with Gasteiger partial charge >= 0.3 is 6.18 Å². The Kier molecular flexibility index (Phi) is 6.39. The molecular formula is C20H25F3N4O. The first-order valence-corrected chi connectivity index (χ1v) is 9.51. The number of imidazole rings is 1. The summed E-state index contributed by atoms with van der Waals surface area (Å²) in [4.78, 5) is 18.0. The van der Waals surface area contributed by atoms with Crippen LogP contribution >= 0.6 is 0 Å². The molecular weight excluding hydrogens is 369 g/mol. The van der Waals surface area contributed by atoms with Crippen LogP contribution in [0, 0.1) is 5.92 Å². The number of primary amides is 1. The summed E-state index contributed by atoms with van der Waals surface area (Å²) < 4.78 is 39.9. The van der Waals surface area contributed by atoms with Crippen LogP contribution in [0.2, 0.25) is 0 Å². The number of rotatable bonds is 7. The maximum absolute atomic E-state index is 12.7. The molecule has 5 nitrogen and oxygen atoms in total. The predicted molar refractivity (Wildman–Crippen MR) is 100 cm³/mol. The van der Waals surface area contributed by atoms with Crippen molar-refractivity contribution in [1.82, 2.24) is 14.5 Å². The van der Waals surface area contributed by atoms with Crippen LogP contribution < -0.4 is 5.73 Å². The number of hydrogen-bond donors (Lipinski definition) is 1. The molecule has 1 atom stereocenters. The Hall–Kier alpha value is -2.35. The lowest BCUT2D eigenvalue weighted by atomic mass is 9.97. The Bertz CT molecular complexity index is 803. The maximum atomic E-state index is 12.7. The van der Waals surface area contributed by atoms with Gasteiger partial charge < -0.3 is 15.2 Å². The monoisotopic (exact) mass is 394 g/mol. The number of piperidine rings is 1. The molecule has 2 aromatic rings. The summed E-state index contributed by atoms with van der Waals surface area (Å²) in [5.74, 6) is 0.354. The van der Waals surface area contributed by atoms with Crippen LogP contribution in [0.15, 0.2) is 36.7 Å². The van der Waals surface area contributed by atoms with Crippen LogP contribution in [0.4, 0.5) is 13.2 Å². The van der Waals surface area contributed by atoms with Gasteiger partial charge in [-0.15, -0.1) is 0 Å². The first-order chi connectivity index (χ1) is 13.3. The fourth-order valence-electron chi connectivity index (χ4n) is 3.76. The summed E-state index contributed by atoms with van der Waals surface area (Å²) >= 11 is 0. The van der Waals surface area contributed by atoms with Crippen molar-refractivity contribution in [1.29, 1.82) is 0 Å². The Morgan fingerprint density at radius 2 is 2.11 bits per heavy atom. The van der Waals surface area contributed by atoms with E-state index in [1.807, 2.05) is 10.8 Å². The molecule has 0 saturated carbocycles. The number of likely N-dealkylation sites (tertiary alicyclic amines) is 1. The fraction of sp³-hybridized carbons (Fsp3) is 0.500. The molecule has 1 aromatic carbocycles. The first-order valence-electron chi connectivity index (χ1n) is 9.51. The van der Waals surface area contributed by atoms with E-state index in [0.29, 0.717) is 24.5 Å². The molecule has 0 aliphatic carbocycles. The maximum Gasteiger partial charge on any atom is 0.393 e. The van der Waals surface area contributed by atoms with Crippen LogP contribution in [0.5, 0.6) is 0 Å². The number of hydrogen-bond acceptors (Lipinski definition) is 3. The summed E-state index contributed by atoms with van der Waals surface area (Å²) in [5.41, 5.74) is 6.33. The minimum absolute atomic E-state index is 0.0751. The quantitative estimate of drug-likeness (QED) is 0.784. The number of carbonyl (C=O) groups excluding carboxylic acids is 1. The van der Waals surface area contributed by atoms with Crippen molar-refractivity contribution >= 4 is 5.91 Å². The molecule has 2 heterocycles. The third kappa shape index (κ3) is 5.58. The molecule has 1 aliphatic heterocycles. The molecule has 0 radical (unpaired) electrons. The van der Waals surface area contributed by atoms with E-state index in [4.69, 9.17) is 5.73 Å². The molecule has 2 N–H and O–H groups in total. The van der Waals surface area contributed by atoms with Gasteiger partial charge in [0, 0.05) is 31.0 Å². The van der Waals surface area contributed by atoms with E-state index < -0.39 is 12.6 Å². The number of benzene rings is 1. The van der Waals surface area contributed by atoms with Gasteiger partial charge in [-0.25, -0.2) is 4.98 Å². The van der Waals surface area contributed by atoms with Gasteiger partial charge in [0.2, 0.25) is 5.91 Å². The van der Waals surface area contributed by atoms with Gasteiger partial charge in [-0.05, 0) is 44.0 Å². The predicted octanol–water partition coefficient (Wildman–Crippen LogP) is 3.24. The average Bonchev–Trinajstić information content (AvgIpc) is 3.09. The molecule has 1 unspecified atom stereocenters. The van der Waals surface area contributed by atoms with Crippen LogP contribution in [0.25, 0.3) is 11.4 Å². The van der Waals surface area contributed by atoms with Crippen LogP contribution in [0.1, 0.15) is 24.8 Å². The number of carbonyl (C=O) groups is 1. The van der Waals surface area contributed by atoms with Crippen molar-refractivity contribution in [2.24, 2.45) is 11.7 Å². The van der Waals surface area contributed by atoms with Crippen LogP contribution in [-0.2, 0) is 17.8 Å². The second-order valence-electron chi connectivity index (χ2n) is 7.33. The van der Waals surface area contributed by atoms with Gasteiger partial charge in [-0.1, -0.05) is 18.2 Å². The smallest absolute Gasteiger partial charge is 0.369 e. The number of aryl methyl sites for hydroxylation is 1. The third-order valence-corrected chi connectivity index (χ3v) is 5.09. The highest BCUT2D eigenvalue weighted by Crippen LogP contribution is 2.25. The second-order valence-corrected chi connectivity index (χ2v) is 7.33. The summed E-state index contributed by atoms with van der Waals surface area (Å²) in [5, 5.41) is 0. The van der Waals surface area contributed by atoms with Gasteiger partial charge in [0.15, 0.2) is 0 Å². The van der Waals surface area contributed by atoms with Crippen LogP contribution in [-0.4, -0.2) is 46.2 Å². The van der Waals surface area contributed by atoms with Crippen molar-refractivity contribution < 1.29 is 18.0 Å². The minimum atomic E-state index is -4.23. The highest BCUT2D eigenvalue weighted by Gasteiger charge is 2.27. The topological polar surface area (TPSA) is 64.2 Å². The van der Waals surface area contributed by atoms with Crippen molar-refractivity contribution in [3.63, 3.8) is 0 Å². The molecule has 1 saturated heterocycles. The number of nitrogens with two attached hydrogens (primary N) is 1. The number of aromatic nitrogens is 2. The van der Waals surface area contributed by atoms with Gasteiger partial charge in [0.25, 0.3) is 0 Å². The summed E-state index contributed by atoms with van der Waals surface area (Å²) in [6.07, 6.45) is 1.01. The molecule has 1 aromatic heterocycles. The molecule has 1 aliphatic rings. The zero-order valence-corrected chi connectivity index (χ0v) is 15.7. The summed E-state index contributed by atoms with van der Waals surface area (Å²) in [6, 6.07) is 6.44. The summed E-state index contributed by atoms with van der Waals surface area (Å²) in [7, 11) is 0. The number of alkyl halides is 3. The molecule has 0 bridgehead atoms. The zero-order chi connectivity index (χ0) is 20.1. The Balaban J connectivity index is 1.60. The van der Waals surface area contributed by atoms with Gasteiger partial charge in [-0.2, -0.15) is 13.2 Å². The lowest BCUT2D eigenvalue weighted by Crippen LogP contribution is -2.41. The van der Waals surface area contributed by atoms with Gasteiger partial charge in [-0.3, -0.25) is 4.79 Å². The Labute approximate surface area is 162 Å². The standard InChI is InChI=1S/C20H25F3N4O/c21-20(22,23)13-15-4-1-5-16(12-15)19-25-7-11-27(19)10-3-9-26-8-2-6-17(14-26)18(24)28/h1,4-5,7,11-12,17H,2-3,6,8-10,13-14H2,(H2,24,28). The minimum Gasteiger partial charge on any atom is -0.369 e. The van der Waals surface area contributed by atoms with E-state index in [9.17, 15) is 18.0 Å². The highest BCUT2D eigenvalue weighted by atomic mass is 19.4. The molecule has 8 heteroatoms. The van der Waals surface area contributed by atoms with Crippen LogP contribution in [0.3, 0.4) is 0 Å². The number of halogens is 3. The third-order valence-electron chi connectivity index (χ3n) is 5.09. The zero-order valence-electron chi connectivity index (χ0n) is 15.7. The highest BCUT2D eigenvalue weighted by molar-refractivity contribution is 5.76. The molecule has 1 amide bonds. The van der Waals surface area contributed by atoms with Crippen molar-refractivity contribution in [3.8, 4) is 11.4 Å². The largest absolute Gasteiger partial charge is 0.393 e. The molecule has 3 rings (SSSR count). The number of nitrogens with zero attached hydrogens (tertiary/aromatic N) is 3. The molecule has 0 spiro atoms. The Morgan fingerprint density at radius 3 is 2.86 bits per heavy atom. The average molecular weight is 394 g/mol. The van der Waals surface area contributed by atoms with E-state index in [2.05, 4.69) is 9.88 Å². The van der Waals surface area contributed by atoms with E-state index >= 15 is 0 Å². The Morgan fingerprint density at radius 1 is 1.29 bits per heavy atom. The van der Waals surface area contributed by atoms with Gasteiger partial charge in [0.1, 0.15) is 5.82 Å². The summed E-state index contributed by atoms with van der Waals surface area (Å²) in [6.45, 7) is 3.21. The lowest BCUT2D eigenvalue weighted by molar-refractivity contribution is -0.127. The van der Waals surface area contributed by atoms with Crippen molar-refractivity contribution in [2.75, 3.05) is 19.6 Å². The lowest BCUT2D eigenvalue weighted by Gasteiger charge is -2.31. The SMILES string of the molecule is NC(=O)C1CCCN(CCCn2ccnc2-c2cccc(CC(F)(F)F)c2)C1. The number of amides is 1. The van der Waals surface area contributed by atoms with E-state index in [0.717, 1.165) is 32.4 Å². The van der Waals surface area contributed by atoms with Gasteiger partial charge in [0.05, 0.1) is 12.3 Å². The molecule has 28 heavy (non-hydrogen) atoms. The normalized spacial score (nSPS) is 18.3. The van der Waals surface area contributed by atoms with Crippen molar-refractivity contribution in [3.05, 3.63) is 42.2 Å². The first kappa shape index (κ1) is 20.4. The van der Waals surface area contributed by atoms with Crippen molar-refractivity contribution in [2.45, 2.75) is 38.4 Å². The molecule has 1 fully saturated rings. The van der Waals surface area contributed by atoms with E-state index in [1.54, 1.807) is 24.4 Å². The van der Waals surface area contributed by atoms with E-state index in [-0.39, 0.29) is 17.4 Å². The second kappa shape index (κ2) is 8.77. The molecule has 152 valence electrons.